The van der Waals surface area contributed by atoms with Gasteiger partial charge in [-0.15, -0.1) is 11.6 Å². The minimum absolute atomic E-state index is 0.0972. The highest BCUT2D eigenvalue weighted by Crippen LogP contribution is 2.07. The Morgan fingerprint density at radius 2 is 1.80 bits per heavy atom. The fourth-order valence-electron chi connectivity index (χ4n) is 1.34. The maximum absolute atomic E-state index is 10.8. The van der Waals surface area contributed by atoms with Crippen LogP contribution >= 0.6 is 11.6 Å². The monoisotopic (exact) mass is 232 g/mol. The van der Waals surface area contributed by atoms with Crippen LogP contribution in [-0.2, 0) is 9.53 Å². The maximum Gasteiger partial charge on any atom is 0.305 e. The number of hydrogen-bond donors (Lipinski definition) is 0. The standard InChI is InChI=1S/C12H21ClO2/c1-15-12(14)10-8-6-4-2-3-5-7-9-11-13/h7,9H,2-6,8,10-11H2,1H3. The van der Waals surface area contributed by atoms with E-state index in [1.165, 1.54) is 26.4 Å². The number of ether oxygens (including phenoxy) is 1. The molecule has 0 radical (unpaired) electrons. The Morgan fingerprint density at radius 3 is 2.47 bits per heavy atom. The molecule has 2 nitrogen and oxygen atoms in total. The van der Waals surface area contributed by atoms with E-state index in [1.54, 1.807) is 0 Å². The van der Waals surface area contributed by atoms with E-state index in [-0.39, 0.29) is 5.97 Å². The number of carbonyl (C=O) groups is 1. The first-order valence-corrected chi connectivity index (χ1v) is 6.12. The van der Waals surface area contributed by atoms with Gasteiger partial charge in [0.15, 0.2) is 0 Å². The normalized spacial score (nSPS) is 10.8. The molecule has 0 amide bonds. The van der Waals surface area contributed by atoms with Crippen molar-refractivity contribution in [2.45, 2.75) is 44.9 Å². The summed E-state index contributed by atoms with van der Waals surface area (Å²) in [4.78, 5) is 10.8. The Morgan fingerprint density at radius 1 is 1.13 bits per heavy atom. The van der Waals surface area contributed by atoms with Crippen LogP contribution in [0.3, 0.4) is 0 Å². The minimum atomic E-state index is -0.0972. The van der Waals surface area contributed by atoms with Crippen molar-refractivity contribution in [2.24, 2.45) is 0 Å². The number of allylic oxidation sites excluding steroid dienone is 2. The van der Waals surface area contributed by atoms with Crippen LogP contribution < -0.4 is 0 Å². The van der Waals surface area contributed by atoms with E-state index < -0.39 is 0 Å². The van der Waals surface area contributed by atoms with Crippen LogP contribution in [-0.4, -0.2) is 19.0 Å². The number of halogens is 1. The van der Waals surface area contributed by atoms with Crippen molar-refractivity contribution < 1.29 is 9.53 Å². The van der Waals surface area contributed by atoms with Crippen LogP contribution in [0.4, 0.5) is 0 Å². The van der Waals surface area contributed by atoms with Crippen LogP contribution in [0.15, 0.2) is 12.2 Å². The first-order chi connectivity index (χ1) is 7.31. The first kappa shape index (κ1) is 14.5. The Hall–Kier alpha value is -0.500. The first-order valence-electron chi connectivity index (χ1n) is 5.59. The number of hydrogen-bond acceptors (Lipinski definition) is 2. The van der Waals surface area contributed by atoms with Gasteiger partial charge in [0, 0.05) is 12.3 Å². The molecular formula is C12H21ClO2. The molecule has 3 heteroatoms. The zero-order chi connectivity index (χ0) is 11.4. The second kappa shape index (κ2) is 11.6. The summed E-state index contributed by atoms with van der Waals surface area (Å²) < 4.78 is 4.56. The van der Waals surface area contributed by atoms with E-state index in [9.17, 15) is 4.79 Å². The van der Waals surface area contributed by atoms with E-state index in [4.69, 9.17) is 11.6 Å². The predicted octanol–water partition coefficient (Wildman–Crippen LogP) is 3.69. The van der Waals surface area contributed by atoms with Crippen molar-refractivity contribution in [1.29, 1.82) is 0 Å². The van der Waals surface area contributed by atoms with Crippen molar-refractivity contribution in [1.82, 2.24) is 0 Å². The minimum Gasteiger partial charge on any atom is -0.469 e. The molecule has 0 aromatic heterocycles. The summed E-state index contributed by atoms with van der Waals surface area (Å²) in [7, 11) is 1.44. The molecule has 0 N–H and O–H groups in total. The van der Waals surface area contributed by atoms with E-state index in [0.717, 1.165) is 19.3 Å². The molecular weight excluding hydrogens is 212 g/mol. The number of carbonyl (C=O) groups excluding carboxylic acids is 1. The van der Waals surface area contributed by atoms with Gasteiger partial charge in [-0.05, 0) is 19.3 Å². The Kier molecular flexibility index (Phi) is 11.2. The van der Waals surface area contributed by atoms with Gasteiger partial charge >= 0.3 is 5.97 Å². The molecule has 88 valence electrons. The quantitative estimate of drug-likeness (QED) is 0.262. The van der Waals surface area contributed by atoms with Gasteiger partial charge in [0.2, 0.25) is 0 Å². The molecule has 0 heterocycles. The molecule has 0 unspecified atom stereocenters. The van der Waals surface area contributed by atoms with Gasteiger partial charge in [0.05, 0.1) is 7.11 Å². The second-order valence-electron chi connectivity index (χ2n) is 3.51. The number of unbranched alkanes of at least 4 members (excludes halogenated alkanes) is 5. The third-order valence-corrected chi connectivity index (χ3v) is 2.41. The smallest absolute Gasteiger partial charge is 0.305 e. The zero-order valence-electron chi connectivity index (χ0n) is 9.51. The lowest BCUT2D eigenvalue weighted by Crippen LogP contribution is -1.98. The lowest BCUT2D eigenvalue weighted by atomic mass is 10.1. The van der Waals surface area contributed by atoms with Gasteiger partial charge in [0.25, 0.3) is 0 Å². The third-order valence-electron chi connectivity index (χ3n) is 2.24. The second-order valence-corrected chi connectivity index (χ2v) is 3.82. The fraction of sp³-hybridized carbons (Fsp3) is 0.750. The predicted molar refractivity (Wildman–Crippen MR) is 64.2 cm³/mol. The molecule has 0 fully saturated rings. The van der Waals surface area contributed by atoms with Crippen LogP contribution in [0.25, 0.3) is 0 Å². The lowest BCUT2D eigenvalue weighted by Gasteiger charge is -1.99. The molecule has 0 atom stereocenters. The highest BCUT2D eigenvalue weighted by Gasteiger charge is 1.98. The molecule has 0 aliphatic rings. The van der Waals surface area contributed by atoms with Gasteiger partial charge in [-0.25, -0.2) is 0 Å². The highest BCUT2D eigenvalue weighted by molar-refractivity contribution is 6.18. The largest absolute Gasteiger partial charge is 0.469 e. The fourth-order valence-corrected chi connectivity index (χ4v) is 1.47. The lowest BCUT2D eigenvalue weighted by molar-refractivity contribution is -0.140. The topological polar surface area (TPSA) is 26.3 Å². The van der Waals surface area contributed by atoms with E-state index in [2.05, 4.69) is 10.8 Å². The molecule has 0 bridgehead atoms. The molecule has 0 rings (SSSR count). The van der Waals surface area contributed by atoms with Crippen LogP contribution in [0.1, 0.15) is 44.9 Å². The van der Waals surface area contributed by atoms with Gasteiger partial charge in [-0.1, -0.05) is 31.4 Å². The summed E-state index contributed by atoms with van der Waals surface area (Å²) in [6.45, 7) is 0. The number of methoxy groups -OCH3 is 1. The van der Waals surface area contributed by atoms with Crippen molar-refractivity contribution in [3.8, 4) is 0 Å². The SMILES string of the molecule is COC(=O)CCCCCCCC=CCCl. The average molecular weight is 233 g/mol. The molecule has 0 aromatic carbocycles. The van der Waals surface area contributed by atoms with Crippen LogP contribution in [0.5, 0.6) is 0 Å². The Labute approximate surface area is 97.6 Å². The number of rotatable bonds is 9. The third kappa shape index (κ3) is 11.4. The molecule has 0 spiro atoms. The number of alkyl halides is 1. The van der Waals surface area contributed by atoms with Crippen LogP contribution in [0, 0.1) is 0 Å². The summed E-state index contributed by atoms with van der Waals surface area (Å²) in [5.41, 5.74) is 0. The van der Waals surface area contributed by atoms with Gasteiger partial charge < -0.3 is 4.74 Å². The van der Waals surface area contributed by atoms with Gasteiger partial charge in [-0.3, -0.25) is 4.79 Å². The molecule has 0 aliphatic heterocycles. The van der Waals surface area contributed by atoms with E-state index in [0.29, 0.717) is 12.3 Å². The van der Waals surface area contributed by atoms with Crippen molar-refractivity contribution in [3.63, 3.8) is 0 Å². The highest BCUT2D eigenvalue weighted by atomic mass is 35.5. The van der Waals surface area contributed by atoms with Crippen molar-refractivity contribution >= 4 is 17.6 Å². The molecule has 0 saturated heterocycles. The molecule has 0 aliphatic carbocycles. The molecule has 0 aromatic rings. The van der Waals surface area contributed by atoms with Crippen molar-refractivity contribution in [3.05, 3.63) is 12.2 Å². The number of esters is 1. The van der Waals surface area contributed by atoms with E-state index in [1.807, 2.05) is 6.08 Å². The zero-order valence-corrected chi connectivity index (χ0v) is 10.3. The van der Waals surface area contributed by atoms with Gasteiger partial charge in [0.1, 0.15) is 0 Å². The van der Waals surface area contributed by atoms with E-state index >= 15 is 0 Å². The van der Waals surface area contributed by atoms with Crippen LogP contribution in [0.2, 0.25) is 0 Å². The average Bonchev–Trinajstić information content (AvgIpc) is 2.26. The summed E-state index contributed by atoms with van der Waals surface area (Å²) in [5, 5.41) is 0. The summed E-state index contributed by atoms with van der Waals surface area (Å²) in [6.07, 6.45) is 11.5. The summed E-state index contributed by atoms with van der Waals surface area (Å²) in [6, 6.07) is 0. The van der Waals surface area contributed by atoms with Gasteiger partial charge in [-0.2, -0.15) is 0 Å². The maximum atomic E-state index is 10.8. The molecule has 15 heavy (non-hydrogen) atoms. The summed E-state index contributed by atoms with van der Waals surface area (Å²) in [5.74, 6) is 0.513. The Bertz CT molecular complexity index is 178. The Balaban J connectivity index is 3.05. The molecule has 0 saturated carbocycles. The summed E-state index contributed by atoms with van der Waals surface area (Å²) >= 11 is 5.50. The van der Waals surface area contributed by atoms with Crippen molar-refractivity contribution in [2.75, 3.05) is 13.0 Å².